The molecule has 1 N–H and O–H groups in total. The number of anilines is 1. The number of hydrogen-bond donors (Lipinski definition) is 1. The van der Waals surface area contributed by atoms with Gasteiger partial charge in [0.05, 0.1) is 5.25 Å². The maximum absolute atomic E-state index is 12.3. The molecule has 3 heteroatoms. The summed E-state index contributed by atoms with van der Waals surface area (Å²) < 4.78 is 0. The first kappa shape index (κ1) is 15.4. The van der Waals surface area contributed by atoms with Crippen LogP contribution in [-0.2, 0) is 4.79 Å². The van der Waals surface area contributed by atoms with Crippen molar-refractivity contribution in [2.24, 2.45) is 0 Å². The summed E-state index contributed by atoms with van der Waals surface area (Å²) in [6.07, 6.45) is 6.55. The van der Waals surface area contributed by atoms with E-state index in [1.165, 1.54) is 37.7 Å². The van der Waals surface area contributed by atoms with E-state index in [-0.39, 0.29) is 11.2 Å². The van der Waals surface area contributed by atoms with Crippen molar-refractivity contribution in [1.82, 2.24) is 0 Å². The maximum atomic E-state index is 12.3. The fraction of sp³-hybridized carbons (Fsp3) is 0.588. The molecule has 2 rings (SSSR count). The monoisotopic (exact) mass is 291 g/mol. The van der Waals surface area contributed by atoms with Crippen LogP contribution in [0.2, 0.25) is 0 Å². The van der Waals surface area contributed by atoms with Gasteiger partial charge in [0, 0.05) is 10.9 Å². The number of nitrogens with one attached hydrogen (secondary N) is 1. The van der Waals surface area contributed by atoms with Crippen molar-refractivity contribution in [3.8, 4) is 0 Å². The van der Waals surface area contributed by atoms with E-state index in [1.54, 1.807) is 0 Å². The number of aryl methyl sites for hydroxylation is 1. The lowest BCUT2D eigenvalue weighted by Crippen LogP contribution is -2.25. The largest absolute Gasteiger partial charge is 0.325 e. The van der Waals surface area contributed by atoms with E-state index in [1.807, 2.05) is 30.8 Å². The minimum atomic E-state index is 0.0259. The Hall–Kier alpha value is -0.960. The molecule has 0 aliphatic heterocycles. The Labute approximate surface area is 126 Å². The van der Waals surface area contributed by atoms with Gasteiger partial charge in [-0.05, 0) is 50.8 Å². The van der Waals surface area contributed by atoms with Crippen molar-refractivity contribution in [2.75, 3.05) is 5.32 Å². The lowest BCUT2D eigenvalue weighted by atomic mass is 10.0. The van der Waals surface area contributed by atoms with Gasteiger partial charge in [-0.3, -0.25) is 4.79 Å². The van der Waals surface area contributed by atoms with Crippen LogP contribution in [0.3, 0.4) is 0 Å². The molecule has 0 saturated heterocycles. The Morgan fingerprint density at radius 2 is 1.95 bits per heavy atom. The Kier molecular flexibility index (Phi) is 5.53. The predicted molar refractivity (Wildman–Crippen MR) is 88.5 cm³/mol. The summed E-state index contributed by atoms with van der Waals surface area (Å²) in [6.45, 7) is 6.16. The van der Waals surface area contributed by atoms with Crippen molar-refractivity contribution < 1.29 is 4.79 Å². The Balaban J connectivity index is 1.91. The van der Waals surface area contributed by atoms with Gasteiger partial charge in [-0.25, -0.2) is 0 Å². The molecule has 1 atom stereocenters. The van der Waals surface area contributed by atoms with E-state index in [2.05, 4.69) is 25.2 Å². The van der Waals surface area contributed by atoms with Gasteiger partial charge in [-0.1, -0.05) is 31.4 Å². The van der Waals surface area contributed by atoms with E-state index in [0.717, 1.165) is 11.3 Å². The van der Waals surface area contributed by atoms with Crippen molar-refractivity contribution in [3.05, 3.63) is 29.3 Å². The first-order valence-electron chi connectivity index (χ1n) is 7.60. The summed E-state index contributed by atoms with van der Waals surface area (Å²) in [5, 5.41) is 3.78. The molecule has 1 saturated carbocycles. The maximum Gasteiger partial charge on any atom is 0.237 e. The zero-order valence-corrected chi connectivity index (χ0v) is 13.6. The molecule has 1 aromatic carbocycles. The summed E-state index contributed by atoms with van der Waals surface area (Å²) in [7, 11) is 0. The minimum Gasteiger partial charge on any atom is -0.325 e. The Morgan fingerprint density at radius 1 is 1.25 bits per heavy atom. The standard InChI is InChI=1S/C17H25NOS/c1-12-8-7-11-16(13(12)2)18-17(19)14(3)20-15-9-5-4-6-10-15/h7-8,11,14-15H,4-6,9-10H2,1-3H3,(H,18,19). The summed E-state index contributed by atoms with van der Waals surface area (Å²) in [4.78, 5) is 12.3. The van der Waals surface area contributed by atoms with Crippen LogP contribution in [0.25, 0.3) is 0 Å². The molecule has 2 nitrogen and oxygen atoms in total. The molecule has 0 spiro atoms. The quantitative estimate of drug-likeness (QED) is 0.871. The van der Waals surface area contributed by atoms with Gasteiger partial charge in [0.25, 0.3) is 0 Å². The van der Waals surface area contributed by atoms with Crippen LogP contribution >= 0.6 is 11.8 Å². The third kappa shape index (κ3) is 4.02. The van der Waals surface area contributed by atoms with E-state index in [9.17, 15) is 4.79 Å². The number of benzene rings is 1. The Morgan fingerprint density at radius 3 is 2.65 bits per heavy atom. The highest BCUT2D eigenvalue weighted by atomic mass is 32.2. The van der Waals surface area contributed by atoms with E-state index in [0.29, 0.717) is 5.25 Å². The highest BCUT2D eigenvalue weighted by Gasteiger charge is 2.21. The van der Waals surface area contributed by atoms with Crippen LogP contribution in [0.5, 0.6) is 0 Å². The van der Waals surface area contributed by atoms with Gasteiger partial charge in [-0.2, -0.15) is 0 Å². The first-order chi connectivity index (χ1) is 9.58. The second kappa shape index (κ2) is 7.16. The molecule has 110 valence electrons. The van der Waals surface area contributed by atoms with E-state index < -0.39 is 0 Å². The van der Waals surface area contributed by atoms with Gasteiger partial charge >= 0.3 is 0 Å². The van der Waals surface area contributed by atoms with Crippen LogP contribution < -0.4 is 5.32 Å². The number of thioether (sulfide) groups is 1. The van der Waals surface area contributed by atoms with Gasteiger partial charge in [0.1, 0.15) is 0 Å². The van der Waals surface area contributed by atoms with Crippen LogP contribution in [0.1, 0.15) is 50.2 Å². The fourth-order valence-electron chi connectivity index (χ4n) is 2.67. The van der Waals surface area contributed by atoms with Crippen LogP contribution in [-0.4, -0.2) is 16.4 Å². The molecule has 20 heavy (non-hydrogen) atoms. The van der Waals surface area contributed by atoms with Gasteiger partial charge in [0.2, 0.25) is 5.91 Å². The molecule has 1 aromatic rings. The molecular formula is C17H25NOS. The minimum absolute atomic E-state index is 0.0259. The Bertz CT molecular complexity index is 466. The van der Waals surface area contributed by atoms with E-state index in [4.69, 9.17) is 0 Å². The lowest BCUT2D eigenvalue weighted by molar-refractivity contribution is -0.115. The predicted octanol–water partition coefficient (Wildman–Crippen LogP) is 4.70. The van der Waals surface area contributed by atoms with E-state index >= 15 is 0 Å². The molecule has 1 fully saturated rings. The molecule has 0 aromatic heterocycles. The number of carbonyl (C=O) groups is 1. The van der Waals surface area contributed by atoms with Crippen molar-refractivity contribution in [1.29, 1.82) is 0 Å². The first-order valence-corrected chi connectivity index (χ1v) is 8.54. The van der Waals surface area contributed by atoms with Gasteiger partial charge in [0.15, 0.2) is 0 Å². The summed E-state index contributed by atoms with van der Waals surface area (Å²) in [5.41, 5.74) is 3.33. The SMILES string of the molecule is Cc1cccc(NC(=O)C(C)SC2CCCCC2)c1C. The second-order valence-corrected chi connectivity index (χ2v) is 7.42. The highest BCUT2D eigenvalue weighted by molar-refractivity contribution is 8.01. The van der Waals surface area contributed by atoms with Crippen LogP contribution in [0, 0.1) is 13.8 Å². The van der Waals surface area contributed by atoms with Crippen LogP contribution in [0.15, 0.2) is 18.2 Å². The molecule has 0 bridgehead atoms. The molecule has 1 aliphatic rings. The van der Waals surface area contributed by atoms with Crippen molar-refractivity contribution in [3.63, 3.8) is 0 Å². The number of carbonyl (C=O) groups excluding carboxylic acids is 1. The molecule has 1 aliphatic carbocycles. The summed E-state index contributed by atoms with van der Waals surface area (Å²) in [5.74, 6) is 0.134. The fourth-order valence-corrected chi connectivity index (χ4v) is 4.04. The topological polar surface area (TPSA) is 29.1 Å². The van der Waals surface area contributed by atoms with Crippen molar-refractivity contribution in [2.45, 2.75) is 63.4 Å². The molecule has 0 heterocycles. The number of amides is 1. The molecule has 1 amide bonds. The van der Waals surface area contributed by atoms with Gasteiger partial charge in [-0.15, -0.1) is 11.8 Å². The van der Waals surface area contributed by atoms with Crippen LogP contribution in [0.4, 0.5) is 5.69 Å². The van der Waals surface area contributed by atoms with Gasteiger partial charge < -0.3 is 5.32 Å². The average molecular weight is 291 g/mol. The summed E-state index contributed by atoms with van der Waals surface area (Å²) in [6, 6.07) is 6.06. The lowest BCUT2D eigenvalue weighted by Gasteiger charge is -2.24. The molecule has 0 radical (unpaired) electrons. The second-order valence-electron chi connectivity index (χ2n) is 5.78. The summed E-state index contributed by atoms with van der Waals surface area (Å²) >= 11 is 1.85. The third-order valence-electron chi connectivity index (χ3n) is 4.18. The smallest absolute Gasteiger partial charge is 0.237 e. The zero-order chi connectivity index (χ0) is 14.5. The zero-order valence-electron chi connectivity index (χ0n) is 12.7. The average Bonchev–Trinajstić information content (AvgIpc) is 2.45. The third-order valence-corrected chi connectivity index (χ3v) is 5.66. The number of rotatable bonds is 4. The van der Waals surface area contributed by atoms with Crippen molar-refractivity contribution >= 4 is 23.4 Å². The molecule has 1 unspecified atom stereocenters. The highest BCUT2D eigenvalue weighted by Crippen LogP contribution is 2.31. The molecular weight excluding hydrogens is 266 g/mol. The number of hydrogen-bond acceptors (Lipinski definition) is 2. The normalized spacial score (nSPS) is 17.8.